The highest BCUT2D eigenvalue weighted by Gasteiger charge is 2.32. The third-order valence-electron chi connectivity index (χ3n) is 4.94. The maximum absolute atomic E-state index is 14.5. The van der Waals surface area contributed by atoms with E-state index in [0.717, 1.165) is 29.5 Å². The fourth-order valence-electron chi connectivity index (χ4n) is 3.41. The highest BCUT2D eigenvalue weighted by atomic mass is 19.1. The third kappa shape index (κ3) is 3.13. The van der Waals surface area contributed by atoms with Gasteiger partial charge >= 0.3 is 0 Å². The Morgan fingerprint density at radius 2 is 1.93 bits per heavy atom. The van der Waals surface area contributed by atoms with Crippen LogP contribution in [0.5, 0.6) is 5.75 Å². The van der Waals surface area contributed by atoms with Gasteiger partial charge in [0.05, 0.1) is 23.4 Å². The number of nitrogens with one attached hydrogen (secondary N) is 1. The number of nitrogen functional groups attached to an aromatic ring is 1. The van der Waals surface area contributed by atoms with Gasteiger partial charge < -0.3 is 15.2 Å². The monoisotopic (exact) mass is 387 g/mol. The molecule has 0 atom stereocenters. The van der Waals surface area contributed by atoms with E-state index in [2.05, 4.69) is 5.32 Å². The van der Waals surface area contributed by atoms with Crippen LogP contribution in [-0.2, 0) is 4.74 Å². The van der Waals surface area contributed by atoms with Gasteiger partial charge in [0.1, 0.15) is 5.82 Å². The number of fused-ring (bicyclic) bond motifs is 1. The first kappa shape index (κ1) is 18.2. The Morgan fingerprint density at radius 3 is 2.64 bits per heavy atom. The fraction of sp³-hybridized carbons (Fsp3) is 0.316. The van der Waals surface area contributed by atoms with Gasteiger partial charge in [-0.05, 0) is 30.9 Å². The number of nitrogens with zero attached hydrogens (tertiary/aromatic N) is 1. The van der Waals surface area contributed by atoms with Gasteiger partial charge in [0.2, 0.25) is 0 Å². The zero-order chi connectivity index (χ0) is 19.8. The molecule has 2 aromatic rings. The molecule has 2 aliphatic rings. The molecule has 2 amide bonds. The number of rotatable bonds is 4. The predicted molar refractivity (Wildman–Crippen MR) is 97.2 cm³/mol. The Morgan fingerprint density at radius 1 is 1.18 bits per heavy atom. The molecular formula is C19H18FN3O5. The highest BCUT2D eigenvalue weighted by Crippen LogP contribution is 2.26. The van der Waals surface area contributed by atoms with Gasteiger partial charge in [-0.15, -0.1) is 0 Å². The molecule has 28 heavy (non-hydrogen) atoms. The van der Waals surface area contributed by atoms with Gasteiger partial charge in [0, 0.05) is 25.3 Å². The topological polar surface area (TPSA) is 113 Å². The number of hydrogen-bond donors (Lipinski definition) is 2. The first-order chi connectivity index (χ1) is 13.5. The Bertz CT molecular complexity index is 1030. The van der Waals surface area contributed by atoms with E-state index in [0.29, 0.717) is 25.7 Å². The zero-order valence-corrected chi connectivity index (χ0v) is 14.9. The largest absolute Gasteiger partial charge is 0.490 e. The van der Waals surface area contributed by atoms with Gasteiger partial charge in [0.25, 0.3) is 17.4 Å². The number of carbonyl (C=O) groups is 2. The lowest BCUT2D eigenvalue weighted by Gasteiger charge is -2.22. The van der Waals surface area contributed by atoms with Crippen LogP contribution in [0, 0.1) is 11.7 Å². The molecule has 0 radical (unpaired) electrons. The van der Waals surface area contributed by atoms with E-state index in [-0.39, 0.29) is 28.4 Å². The average molecular weight is 387 g/mol. The smallest absolute Gasteiger partial charge is 0.262 e. The van der Waals surface area contributed by atoms with E-state index in [1.54, 1.807) is 0 Å². The summed E-state index contributed by atoms with van der Waals surface area (Å²) >= 11 is 0. The average Bonchev–Trinajstić information content (AvgIpc) is 2.95. The fourth-order valence-corrected chi connectivity index (χ4v) is 3.41. The van der Waals surface area contributed by atoms with Crippen LogP contribution in [0.15, 0.2) is 29.1 Å². The number of anilines is 1. The summed E-state index contributed by atoms with van der Waals surface area (Å²) in [5, 5.41) is 2.08. The van der Waals surface area contributed by atoms with Crippen molar-refractivity contribution >= 4 is 17.6 Å². The summed E-state index contributed by atoms with van der Waals surface area (Å²) in [5.74, 6) is -1.88. The SMILES string of the molecule is Nc1c2c(cc(=O)n1-c1ccc(OCC3CCOCC3)c(F)c1)C(=O)NC2=O. The van der Waals surface area contributed by atoms with E-state index in [9.17, 15) is 18.8 Å². The van der Waals surface area contributed by atoms with Crippen molar-refractivity contribution in [2.75, 3.05) is 25.6 Å². The van der Waals surface area contributed by atoms with E-state index in [4.69, 9.17) is 15.2 Å². The molecular weight excluding hydrogens is 369 g/mol. The number of nitrogens with two attached hydrogens (primary N) is 1. The van der Waals surface area contributed by atoms with Crippen molar-refractivity contribution in [1.82, 2.24) is 9.88 Å². The van der Waals surface area contributed by atoms with Crippen molar-refractivity contribution in [3.63, 3.8) is 0 Å². The van der Waals surface area contributed by atoms with Crippen molar-refractivity contribution < 1.29 is 23.5 Å². The molecule has 9 heteroatoms. The zero-order valence-electron chi connectivity index (χ0n) is 14.9. The number of amides is 2. The van der Waals surface area contributed by atoms with Gasteiger partial charge in [-0.25, -0.2) is 4.39 Å². The normalized spacial score (nSPS) is 16.8. The van der Waals surface area contributed by atoms with Crippen LogP contribution < -0.4 is 21.3 Å². The first-order valence-electron chi connectivity index (χ1n) is 8.87. The lowest BCUT2D eigenvalue weighted by Crippen LogP contribution is -2.24. The van der Waals surface area contributed by atoms with Gasteiger partial charge in [-0.2, -0.15) is 0 Å². The van der Waals surface area contributed by atoms with E-state index < -0.39 is 23.2 Å². The molecule has 3 heterocycles. The molecule has 1 fully saturated rings. The number of pyridine rings is 1. The Hall–Kier alpha value is -3.20. The van der Waals surface area contributed by atoms with Gasteiger partial charge in [-0.1, -0.05) is 0 Å². The van der Waals surface area contributed by atoms with Crippen LogP contribution in [0.3, 0.4) is 0 Å². The molecule has 8 nitrogen and oxygen atoms in total. The minimum atomic E-state index is -0.692. The lowest BCUT2D eigenvalue weighted by molar-refractivity contribution is 0.0491. The standard InChI is InChI=1S/C19H18FN3O5/c20-13-7-11(1-2-14(13)28-9-10-3-5-27-6-4-10)23-15(24)8-12-16(17(23)21)19(26)22-18(12)25/h1-2,7-8,10H,3-6,9,21H2,(H,22,25,26). The Balaban J connectivity index is 1.63. The summed E-state index contributed by atoms with van der Waals surface area (Å²) < 4.78 is 26.4. The Labute approximate surface area is 159 Å². The van der Waals surface area contributed by atoms with Gasteiger partial charge in [-0.3, -0.25) is 24.3 Å². The summed E-state index contributed by atoms with van der Waals surface area (Å²) in [7, 11) is 0. The van der Waals surface area contributed by atoms with Crippen LogP contribution in [0.25, 0.3) is 5.69 Å². The second-order valence-corrected chi connectivity index (χ2v) is 6.76. The van der Waals surface area contributed by atoms with Crippen molar-refractivity contribution in [3.05, 3.63) is 51.6 Å². The number of imide groups is 1. The lowest BCUT2D eigenvalue weighted by atomic mass is 10.0. The molecule has 0 aliphatic carbocycles. The number of benzene rings is 1. The molecule has 0 unspecified atom stereocenters. The summed E-state index contributed by atoms with van der Waals surface area (Å²) in [4.78, 5) is 36.0. The molecule has 0 bridgehead atoms. The number of hydrogen-bond acceptors (Lipinski definition) is 6. The van der Waals surface area contributed by atoms with Crippen LogP contribution in [0.1, 0.15) is 33.6 Å². The summed E-state index contributed by atoms with van der Waals surface area (Å²) in [5.41, 5.74) is 5.26. The minimum Gasteiger partial charge on any atom is -0.490 e. The molecule has 1 saturated heterocycles. The van der Waals surface area contributed by atoms with Crippen molar-refractivity contribution in [2.24, 2.45) is 5.92 Å². The first-order valence-corrected chi connectivity index (χ1v) is 8.87. The Kier molecular flexibility index (Phi) is 4.60. The second-order valence-electron chi connectivity index (χ2n) is 6.76. The predicted octanol–water partition coefficient (Wildman–Crippen LogP) is 1.25. The molecule has 1 aromatic carbocycles. The van der Waals surface area contributed by atoms with Crippen LogP contribution in [0.2, 0.25) is 0 Å². The quantitative estimate of drug-likeness (QED) is 0.764. The molecule has 4 rings (SSSR count). The minimum absolute atomic E-state index is 0.0657. The van der Waals surface area contributed by atoms with E-state index in [1.165, 1.54) is 12.1 Å². The third-order valence-corrected chi connectivity index (χ3v) is 4.94. The molecule has 3 N–H and O–H groups in total. The van der Waals surface area contributed by atoms with Crippen molar-refractivity contribution in [1.29, 1.82) is 0 Å². The van der Waals surface area contributed by atoms with Crippen LogP contribution in [0.4, 0.5) is 10.2 Å². The molecule has 0 spiro atoms. The molecule has 1 aromatic heterocycles. The number of aromatic nitrogens is 1. The van der Waals surface area contributed by atoms with Crippen LogP contribution in [-0.4, -0.2) is 36.2 Å². The summed E-state index contributed by atoms with van der Waals surface area (Å²) in [6, 6.07) is 5.01. The van der Waals surface area contributed by atoms with Crippen molar-refractivity contribution in [3.8, 4) is 11.4 Å². The molecule has 0 saturated carbocycles. The summed E-state index contributed by atoms with van der Waals surface area (Å²) in [6.07, 6.45) is 1.73. The van der Waals surface area contributed by atoms with Gasteiger partial charge in [0.15, 0.2) is 11.6 Å². The highest BCUT2D eigenvalue weighted by molar-refractivity contribution is 6.23. The van der Waals surface area contributed by atoms with E-state index >= 15 is 0 Å². The van der Waals surface area contributed by atoms with Crippen LogP contribution >= 0.6 is 0 Å². The second kappa shape index (κ2) is 7.08. The number of ether oxygens (including phenoxy) is 2. The van der Waals surface area contributed by atoms with E-state index in [1.807, 2.05) is 0 Å². The maximum Gasteiger partial charge on any atom is 0.262 e. The number of carbonyl (C=O) groups excluding carboxylic acids is 2. The maximum atomic E-state index is 14.5. The summed E-state index contributed by atoms with van der Waals surface area (Å²) in [6.45, 7) is 1.72. The molecule has 146 valence electrons. The molecule has 2 aliphatic heterocycles. The number of halogens is 1. The van der Waals surface area contributed by atoms with Crippen molar-refractivity contribution in [2.45, 2.75) is 12.8 Å².